The Morgan fingerprint density at radius 1 is 1.07 bits per heavy atom. The SMILES string of the molecule is CC(C)n1ccc2ccc(C(=O)N3CCC(O)(c4ccc(Cl)cc4)CC3)cc21. The maximum Gasteiger partial charge on any atom is 0.253 e. The smallest absolute Gasteiger partial charge is 0.253 e. The molecule has 1 saturated heterocycles. The van der Waals surface area contributed by atoms with Crippen molar-refractivity contribution >= 4 is 28.4 Å². The number of carbonyl (C=O) groups excluding carboxylic acids is 1. The third-order valence-corrected chi connectivity index (χ3v) is 6.04. The van der Waals surface area contributed by atoms with Crippen molar-refractivity contribution in [1.29, 1.82) is 0 Å². The number of fused-ring (bicyclic) bond motifs is 1. The van der Waals surface area contributed by atoms with Gasteiger partial charge in [0.25, 0.3) is 5.91 Å². The monoisotopic (exact) mass is 396 g/mol. The predicted octanol–water partition coefficient (Wildman–Crippen LogP) is 5.00. The molecule has 0 radical (unpaired) electrons. The van der Waals surface area contributed by atoms with Gasteiger partial charge in [-0.15, -0.1) is 0 Å². The van der Waals surface area contributed by atoms with Crippen LogP contribution in [0.3, 0.4) is 0 Å². The summed E-state index contributed by atoms with van der Waals surface area (Å²) in [6.07, 6.45) is 3.10. The van der Waals surface area contributed by atoms with Gasteiger partial charge in [-0.3, -0.25) is 4.79 Å². The molecule has 1 N–H and O–H groups in total. The molecule has 0 bridgehead atoms. The Hall–Kier alpha value is -2.30. The van der Waals surface area contributed by atoms with Gasteiger partial charge in [0.15, 0.2) is 0 Å². The lowest BCUT2D eigenvalue weighted by Gasteiger charge is -2.38. The van der Waals surface area contributed by atoms with Crippen LogP contribution in [0.5, 0.6) is 0 Å². The van der Waals surface area contributed by atoms with Crippen molar-refractivity contribution in [3.63, 3.8) is 0 Å². The zero-order chi connectivity index (χ0) is 19.9. The van der Waals surface area contributed by atoms with Gasteiger partial charge in [-0.25, -0.2) is 0 Å². The zero-order valence-electron chi connectivity index (χ0n) is 16.2. The van der Waals surface area contributed by atoms with Crippen LogP contribution in [0.15, 0.2) is 54.7 Å². The number of likely N-dealkylation sites (tertiary alicyclic amines) is 1. The van der Waals surface area contributed by atoms with Crippen LogP contribution in [-0.4, -0.2) is 33.6 Å². The Morgan fingerprint density at radius 2 is 1.75 bits per heavy atom. The van der Waals surface area contributed by atoms with E-state index in [1.54, 1.807) is 12.1 Å². The predicted molar refractivity (Wildman–Crippen MR) is 113 cm³/mol. The number of carbonyl (C=O) groups is 1. The fourth-order valence-electron chi connectivity index (χ4n) is 4.04. The summed E-state index contributed by atoms with van der Waals surface area (Å²) >= 11 is 5.96. The molecule has 1 aliphatic rings. The summed E-state index contributed by atoms with van der Waals surface area (Å²) in [5.74, 6) is 0.0246. The molecule has 0 atom stereocenters. The average Bonchev–Trinajstić information content (AvgIpc) is 3.12. The minimum atomic E-state index is -0.905. The van der Waals surface area contributed by atoms with Gasteiger partial charge < -0.3 is 14.6 Å². The highest BCUT2D eigenvalue weighted by atomic mass is 35.5. The summed E-state index contributed by atoms with van der Waals surface area (Å²) < 4.78 is 2.18. The molecule has 28 heavy (non-hydrogen) atoms. The van der Waals surface area contributed by atoms with Crippen molar-refractivity contribution in [1.82, 2.24) is 9.47 Å². The van der Waals surface area contributed by atoms with E-state index in [-0.39, 0.29) is 5.91 Å². The molecule has 1 aliphatic heterocycles. The number of benzene rings is 2. The summed E-state index contributed by atoms with van der Waals surface area (Å²) in [5, 5.41) is 12.8. The van der Waals surface area contributed by atoms with E-state index in [9.17, 15) is 9.90 Å². The lowest BCUT2D eigenvalue weighted by Crippen LogP contribution is -2.45. The van der Waals surface area contributed by atoms with Crippen LogP contribution in [0, 0.1) is 0 Å². The van der Waals surface area contributed by atoms with E-state index in [0.717, 1.165) is 16.5 Å². The first-order chi connectivity index (χ1) is 13.4. The Morgan fingerprint density at radius 3 is 2.39 bits per heavy atom. The maximum atomic E-state index is 13.1. The summed E-state index contributed by atoms with van der Waals surface area (Å²) in [6.45, 7) is 5.33. The quantitative estimate of drug-likeness (QED) is 0.677. The van der Waals surface area contributed by atoms with Crippen LogP contribution >= 0.6 is 11.6 Å². The van der Waals surface area contributed by atoms with E-state index in [2.05, 4.69) is 30.7 Å². The second-order valence-electron chi connectivity index (χ2n) is 7.92. The molecule has 1 amide bonds. The molecule has 0 saturated carbocycles. The Balaban J connectivity index is 1.51. The van der Waals surface area contributed by atoms with Crippen LogP contribution < -0.4 is 0 Å². The molecule has 4 nitrogen and oxygen atoms in total. The molecule has 146 valence electrons. The van der Waals surface area contributed by atoms with Gasteiger partial charge in [0, 0.05) is 41.4 Å². The molecular weight excluding hydrogens is 372 g/mol. The first-order valence-electron chi connectivity index (χ1n) is 9.76. The lowest BCUT2D eigenvalue weighted by molar-refractivity contribution is -0.0211. The zero-order valence-corrected chi connectivity index (χ0v) is 17.0. The number of nitrogens with zero attached hydrogens (tertiary/aromatic N) is 2. The number of hydrogen-bond acceptors (Lipinski definition) is 2. The first-order valence-corrected chi connectivity index (χ1v) is 10.1. The van der Waals surface area contributed by atoms with Crippen LogP contribution in [0.2, 0.25) is 5.02 Å². The first kappa shape index (κ1) is 19.0. The van der Waals surface area contributed by atoms with Gasteiger partial charge in [0.2, 0.25) is 0 Å². The van der Waals surface area contributed by atoms with Gasteiger partial charge >= 0.3 is 0 Å². The second kappa shape index (κ2) is 7.26. The normalized spacial score (nSPS) is 16.7. The van der Waals surface area contributed by atoms with Gasteiger partial charge in [-0.1, -0.05) is 29.8 Å². The fraction of sp³-hybridized carbons (Fsp3) is 0.348. The van der Waals surface area contributed by atoms with Gasteiger partial charge in [-0.2, -0.15) is 0 Å². The molecule has 1 aromatic heterocycles. The molecule has 5 heteroatoms. The molecule has 4 rings (SSSR count). The van der Waals surface area contributed by atoms with Crippen molar-refractivity contribution in [2.45, 2.75) is 38.3 Å². The van der Waals surface area contributed by atoms with E-state index in [1.165, 1.54) is 0 Å². The van der Waals surface area contributed by atoms with E-state index >= 15 is 0 Å². The van der Waals surface area contributed by atoms with Crippen molar-refractivity contribution in [3.8, 4) is 0 Å². The largest absolute Gasteiger partial charge is 0.385 e. The van der Waals surface area contributed by atoms with E-state index in [0.29, 0.717) is 42.6 Å². The Labute approximate surface area is 170 Å². The van der Waals surface area contributed by atoms with Crippen LogP contribution in [0.1, 0.15) is 48.7 Å². The number of halogens is 1. The topological polar surface area (TPSA) is 45.5 Å². The van der Waals surface area contributed by atoms with E-state index in [4.69, 9.17) is 11.6 Å². The summed E-state index contributed by atoms with van der Waals surface area (Å²) in [5.41, 5.74) is 1.73. The van der Waals surface area contributed by atoms with Crippen molar-refractivity contribution in [2.75, 3.05) is 13.1 Å². The fourth-order valence-corrected chi connectivity index (χ4v) is 4.17. The minimum absolute atomic E-state index is 0.0246. The third kappa shape index (κ3) is 3.43. The molecule has 2 aromatic carbocycles. The minimum Gasteiger partial charge on any atom is -0.385 e. The average molecular weight is 397 g/mol. The molecule has 3 aromatic rings. The van der Waals surface area contributed by atoms with Gasteiger partial charge in [0.05, 0.1) is 5.60 Å². The number of aromatic nitrogens is 1. The second-order valence-corrected chi connectivity index (χ2v) is 8.36. The summed E-state index contributed by atoms with van der Waals surface area (Å²) in [4.78, 5) is 14.9. The third-order valence-electron chi connectivity index (χ3n) is 5.79. The number of hydrogen-bond donors (Lipinski definition) is 1. The molecule has 2 heterocycles. The van der Waals surface area contributed by atoms with Crippen molar-refractivity contribution < 1.29 is 9.90 Å². The maximum absolute atomic E-state index is 13.1. The van der Waals surface area contributed by atoms with Crippen molar-refractivity contribution in [2.24, 2.45) is 0 Å². The van der Waals surface area contributed by atoms with E-state index < -0.39 is 5.60 Å². The van der Waals surface area contributed by atoms with Gasteiger partial charge in [-0.05, 0) is 68.0 Å². The Kier molecular flexibility index (Phi) is 4.94. The Bertz CT molecular complexity index is 999. The lowest BCUT2D eigenvalue weighted by atomic mass is 9.84. The number of piperidine rings is 1. The number of aliphatic hydroxyl groups is 1. The standard InChI is InChI=1S/C23H25ClN2O2/c1-16(2)26-12-9-17-3-4-18(15-21(17)26)22(27)25-13-10-23(28,11-14-25)19-5-7-20(24)8-6-19/h3-9,12,15-16,28H,10-11,13-14H2,1-2H3. The van der Waals surface area contributed by atoms with Crippen LogP contribution in [0.25, 0.3) is 10.9 Å². The highest BCUT2D eigenvalue weighted by Gasteiger charge is 2.35. The molecular formula is C23H25ClN2O2. The van der Waals surface area contributed by atoms with Crippen molar-refractivity contribution in [3.05, 3.63) is 70.9 Å². The van der Waals surface area contributed by atoms with E-state index in [1.807, 2.05) is 35.2 Å². The molecule has 1 fully saturated rings. The summed E-state index contributed by atoms with van der Waals surface area (Å²) in [7, 11) is 0. The van der Waals surface area contributed by atoms with Crippen LogP contribution in [0.4, 0.5) is 0 Å². The molecule has 0 aliphatic carbocycles. The van der Waals surface area contributed by atoms with Crippen LogP contribution in [-0.2, 0) is 5.60 Å². The number of amides is 1. The number of rotatable bonds is 3. The molecule has 0 spiro atoms. The summed E-state index contributed by atoms with van der Waals surface area (Å²) in [6, 6.07) is 15.6. The highest BCUT2D eigenvalue weighted by Crippen LogP contribution is 2.34. The molecule has 0 unspecified atom stereocenters. The highest BCUT2D eigenvalue weighted by molar-refractivity contribution is 6.30. The van der Waals surface area contributed by atoms with Gasteiger partial charge in [0.1, 0.15) is 0 Å².